The van der Waals surface area contributed by atoms with E-state index in [1.165, 1.54) is 0 Å². The Labute approximate surface area is 181 Å². The molecule has 1 fully saturated rings. The van der Waals surface area contributed by atoms with Crippen LogP contribution in [0, 0.1) is 5.92 Å². The molecule has 1 unspecified atom stereocenters. The predicted octanol–water partition coefficient (Wildman–Crippen LogP) is 2.46. The normalized spacial score (nSPS) is 17.0. The molecule has 9 heteroatoms. The van der Waals surface area contributed by atoms with E-state index in [9.17, 15) is 19.2 Å². The molecule has 1 aromatic rings. The highest BCUT2D eigenvalue weighted by atomic mass is 16.6. The molecule has 1 aliphatic heterocycles. The lowest BCUT2D eigenvalue weighted by molar-refractivity contribution is -0.171. The fourth-order valence-corrected chi connectivity index (χ4v) is 3.60. The maximum atomic E-state index is 13.0. The second-order valence-corrected chi connectivity index (χ2v) is 7.03. The van der Waals surface area contributed by atoms with Gasteiger partial charge >= 0.3 is 24.0 Å². The summed E-state index contributed by atoms with van der Waals surface area (Å²) < 4.78 is 20.6. The molecule has 2 rings (SSSR count). The molecule has 1 aromatic carbocycles. The SMILES string of the molecule is CCOC(=O)CC1CN(C(=O)OCc2ccccc2)C(C(=O)OCC)(C(=O)OCC)C1. The van der Waals surface area contributed by atoms with Crippen molar-refractivity contribution in [1.82, 2.24) is 4.90 Å². The van der Waals surface area contributed by atoms with Gasteiger partial charge in [-0.1, -0.05) is 30.3 Å². The van der Waals surface area contributed by atoms with Gasteiger partial charge in [-0.25, -0.2) is 14.4 Å². The van der Waals surface area contributed by atoms with Crippen molar-refractivity contribution in [2.75, 3.05) is 26.4 Å². The van der Waals surface area contributed by atoms with E-state index in [1.807, 2.05) is 6.07 Å². The summed E-state index contributed by atoms with van der Waals surface area (Å²) >= 11 is 0. The van der Waals surface area contributed by atoms with Gasteiger partial charge in [0, 0.05) is 6.54 Å². The highest BCUT2D eigenvalue weighted by Crippen LogP contribution is 2.38. The van der Waals surface area contributed by atoms with Crippen LogP contribution in [-0.2, 0) is 39.9 Å². The van der Waals surface area contributed by atoms with Gasteiger partial charge in [-0.05, 0) is 38.7 Å². The monoisotopic (exact) mass is 435 g/mol. The van der Waals surface area contributed by atoms with E-state index < -0.39 is 35.5 Å². The van der Waals surface area contributed by atoms with Crippen LogP contribution in [0.4, 0.5) is 4.79 Å². The van der Waals surface area contributed by atoms with Crippen LogP contribution in [0.25, 0.3) is 0 Å². The third-order valence-electron chi connectivity index (χ3n) is 4.90. The molecule has 1 aliphatic rings. The number of esters is 3. The molecule has 170 valence electrons. The number of benzene rings is 1. The van der Waals surface area contributed by atoms with Gasteiger partial charge in [0.05, 0.1) is 26.2 Å². The second-order valence-electron chi connectivity index (χ2n) is 7.03. The summed E-state index contributed by atoms with van der Waals surface area (Å²) in [5.74, 6) is -2.79. The number of nitrogens with zero attached hydrogens (tertiary/aromatic N) is 1. The molecular formula is C22H29NO8. The standard InChI is InChI=1S/C22H29NO8/c1-4-28-18(24)12-17-13-22(19(25)29-5-2,20(26)30-6-3)23(14-17)21(27)31-15-16-10-8-7-9-11-16/h7-11,17H,4-6,12-15H2,1-3H3. The van der Waals surface area contributed by atoms with E-state index >= 15 is 0 Å². The Morgan fingerprint density at radius 1 is 0.903 bits per heavy atom. The largest absolute Gasteiger partial charge is 0.466 e. The van der Waals surface area contributed by atoms with Crippen molar-refractivity contribution in [3.8, 4) is 0 Å². The number of carbonyl (C=O) groups is 4. The molecule has 1 amide bonds. The summed E-state index contributed by atoms with van der Waals surface area (Å²) in [7, 11) is 0. The number of carbonyl (C=O) groups excluding carboxylic acids is 4. The van der Waals surface area contributed by atoms with Gasteiger partial charge in [-0.15, -0.1) is 0 Å². The average Bonchev–Trinajstić information content (AvgIpc) is 3.13. The van der Waals surface area contributed by atoms with Crippen molar-refractivity contribution < 1.29 is 38.1 Å². The first-order valence-electron chi connectivity index (χ1n) is 10.4. The van der Waals surface area contributed by atoms with Crippen LogP contribution in [-0.4, -0.2) is 60.8 Å². The minimum atomic E-state index is -2.02. The lowest BCUT2D eigenvalue weighted by Gasteiger charge is -2.32. The topological polar surface area (TPSA) is 108 Å². The number of likely N-dealkylation sites (tertiary alicyclic amines) is 1. The minimum Gasteiger partial charge on any atom is -0.466 e. The predicted molar refractivity (Wildman–Crippen MR) is 109 cm³/mol. The van der Waals surface area contributed by atoms with Gasteiger partial charge in [-0.2, -0.15) is 0 Å². The Balaban J connectivity index is 2.32. The molecule has 31 heavy (non-hydrogen) atoms. The van der Waals surface area contributed by atoms with E-state index in [0.29, 0.717) is 0 Å². The van der Waals surface area contributed by atoms with Crippen molar-refractivity contribution in [2.24, 2.45) is 5.92 Å². The van der Waals surface area contributed by atoms with Crippen molar-refractivity contribution in [2.45, 2.75) is 45.8 Å². The summed E-state index contributed by atoms with van der Waals surface area (Å²) in [5.41, 5.74) is -1.27. The van der Waals surface area contributed by atoms with Crippen molar-refractivity contribution in [1.29, 1.82) is 0 Å². The number of amides is 1. The van der Waals surface area contributed by atoms with Crippen molar-refractivity contribution in [3.05, 3.63) is 35.9 Å². The van der Waals surface area contributed by atoms with E-state index in [0.717, 1.165) is 10.5 Å². The molecule has 0 N–H and O–H groups in total. The molecule has 0 spiro atoms. The van der Waals surface area contributed by atoms with Crippen LogP contribution in [0.3, 0.4) is 0 Å². The molecule has 1 heterocycles. The summed E-state index contributed by atoms with van der Waals surface area (Å²) in [6, 6.07) is 9.00. The Morgan fingerprint density at radius 3 is 2.03 bits per heavy atom. The smallest absolute Gasteiger partial charge is 0.411 e. The van der Waals surface area contributed by atoms with Gasteiger partial charge in [0.1, 0.15) is 6.61 Å². The first-order chi connectivity index (χ1) is 14.9. The molecule has 0 radical (unpaired) electrons. The molecule has 0 saturated carbocycles. The van der Waals surface area contributed by atoms with Crippen LogP contribution in [0.2, 0.25) is 0 Å². The van der Waals surface area contributed by atoms with Crippen LogP contribution in [0.15, 0.2) is 30.3 Å². The molecule has 0 bridgehead atoms. The van der Waals surface area contributed by atoms with E-state index in [2.05, 4.69) is 0 Å². The van der Waals surface area contributed by atoms with E-state index in [-0.39, 0.29) is 45.8 Å². The summed E-state index contributed by atoms with van der Waals surface area (Å²) in [6.07, 6.45) is -1.04. The lowest BCUT2D eigenvalue weighted by Crippen LogP contribution is -2.60. The quantitative estimate of drug-likeness (QED) is 0.331. The first kappa shape index (κ1) is 24.2. The average molecular weight is 435 g/mol. The number of hydrogen-bond donors (Lipinski definition) is 0. The minimum absolute atomic E-state index is 0.00936. The van der Waals surface area contributed by atoms with E-state index in [4.69, 9.17) is 18.9 Å². The molecule has 1 saturated heterocycles. The van der Waals surface area contributed by atoms with Gasteiger partial charge < -0.3 is 18.9 Å². The summed E-state index contributed by atoms with van der Waals surface area (Å²) in [4.78, 5) is 51.9. The van der Waals surface area contributed by atoms with Crippen LogP contribution >= 0.6 is 0 Å². The first-order valence-corrected chi connectivity index (χ1v) is 10.4. The Hall–Kier alpha value is -3.10. The zero-order valence-corrected chi connectivity index (χ0v) is 18.1. The fraction of sp³-hybridized carbons (Fsp3) is 0.545. The van der Waals surface area contributed by atoms with Gasteiger partial charge in [0.25, 0.3) is 0 Å². The molecule has 0 aliphatic carbocycles. The maximum Gasteiger partial charge on any atom is 0.411 e. The number of hydrogen-bond acceptors (Lipinski definition) is 8. The zero-order valence-electron chi connectivity index (χ0n) is 18.1. The third-order valence-corrected chi connectivity index (χ3v) is 4.90. The zero-order chi connectivity index (χ0) is 22.9. The molecule has 1 atom stereocenters. The number of ether oxygens (including phenoxy) is 4. The van der Waals surface area contributed by atoms with Gasteiger partial charge in [0.2, 0.25) is 5.54 Å². The molecule has 0 aromatic heterocycles. The van der Waals surface area contributed by atoms with Gasteiger partial charge in [-0.3, -0.25) is 9.69 Å². The molecular weight excluding hydrogens is 406 g/mol. The summed E-state index contributed by atoms with van der Waals surface area (Å²) in [6.45, 7) is 5.01. The second kappa shape index (κ2) is 11.3. The van der Waals surface area contributed by atoms with E-state index in [1.54, 1.807) is 45.0 Å². The highest BCUT2D eigenvalue weighted by Gasteiger charge is 2.62. The van der Waals surface area contributed by atoms with Crippen LogP contribution < -0.4 is 0 Å². The Morgan fingerprint density at radius 2 is 1.48 bits per heavy atom. The Kier molecular flexibility index (Phi) is 8.84. The maximum absolute atomic E-state index is 13.0. The van der Waals surface area contributed by atoms with Crippen molar-refractivity contribution >= 4 is 24.0 Å². The summed E-state index contributed by atoms with van der Waals surface area (Å²) in [5, 5.41) is 0. The van der Waals surface area contributed by atoms with Crippen LogP contribution in [0.1, 0.15) is 39.2 Å². The van der Waals surface area contributed by atoms with Gasteiger partial charge in [0.15, 0.2) is 0 Å². The Bertz CT molecular complexity index is 761. The lowest BCUT2D eigenvalue weighted by atomic mass is 9.90. The third kappa shape index (κ3) is 5.74. The van der Waals surface area contributed by atoms with Crippen LogP contribution in [0.5, 0.6) is 0 Å². The fourth-order valence-electron chi connectivity index (χ4n) is 3.60. The molecule has 9 nitrogen and oxygen atoms in total. The highest BCUT2D eigenvalue weighted by molar-refractivity contribution is 6.08. The number of rotatable bonds is 9. The van der Waals surface area contributed by atoms with Crippen molar-refractivity contribution in [3.63, 3.8) is 0 Å².